The summed E-state index contributed by atoms with van der Waals surface area (Å²) in [5.41, 5.74) is 0.959. The van der Waals surface area contributed by atoms with Crippen LogP contribution in [-0.2, 0) is 0 Å². The minimum Gasteiger partial charge on any atom is -0.478 e. The highest BCUT2D eigenvalue weighted by Crippen LogP contribution is 2.34. The number of aromatic carboxylic acids is 1. The fraction of sp³-hybridized carbons (Fsp3) is 0.417. The average Bonchev–Trinajstić information content (AvgIpc) is 2.74. The van der Waals surface area contributed by atoms with E-state index in [1.807, 2.05) is 6.07 Å². The lowest BCUT2D eigenvalue weighted by Crippen LogP contribution is -2.05. The molecule has 160 valence electrons. The zero-order valence-electron chi connectivity index (χ0n) is 17.5. The van der Waals surface area contributed by atoms with Crippen LogP contribution in [0.15, 0.2) is 49.3 Å². The molecule has 0 bridgehead atoms. The lowest BCUT2D eigenvalue weighted by Gasteiger charge is -2.10. The van der Waals surface area contributed by atoms with Gasteiger partial charge in [-0.3, -0.25) is 4.79 Å². The van der Waals surface area contributed by atoms with Crippen LogP contribution in [0.1, 0.15) is 62.7 Å². The molecule has 0 aliphatic rings. The highest BCUT2D eigenvalue weighted by atomic mass is 32.2. The fourth-order valence-corrected chi connectivity index (χ4v) is 5.42. The van der Waals surface area contributed by atoms with Gasteiger partial charge < -0.3 is 9.52 Å². The highest BCUT2D eigenvalue weighted by molar-refractivity contribution is 8.00. The number of thioether (sulfide) groups is 2. The van der Waals surface area contributed by atoms with E-state index in [2.05, 4.69) is 19.9 Å². The van der Waals surface area contributed by atoms with Gasteiger partial charge in [-0.25, -0.2) is 4.79 Å². The minimum atomic E-state index is -1.05. The minimum absolute atomic E-state index is 0.0911. The summed E-state index contributed by atoms with van der Waals surface area (Å²) >= 11 is 3.50. The summed E-state index contributed by atoms with van der Waals surface area (Å²) < 4.78 is 6.12. The predicted octanol–water partition coefficient (Wildman–Crippen LogP) is 7.21. The van der Waals surface area contributed by atoms with Crippen molar-refractivity contribution in [3.8, 4) is 0 Å². The zero-order valence-corrected chi connectivity index (χ0v) is 19.2. The van der Waals surface area contributed by atoms with Gasteiger partial charge in [0.25, 0.3) is 0 Å². The zero-order chi connectivity index (χ0) is 21.5. The highest BCUT2D eigenvalue weighted by Gasteiger charge is 2.15. The van der Waals surface area contributed by atoms with Crippen molar-refractivity contribution in [1.29, 1.82) is 0 Å². The van der Waals surface area contributed by atoms with Crippen LogP contribution in [0, 0.1) is 0 Å². The molecular formula is C24H28O4S2. The molecule has 1 aromatic heterocycles. The van der Waals surface area contributed by atoms with Crippen LogP contribution in [0.2, 0.25) is 0 Å². The summed E-state index contributed by atoms with van der Waals surface area (Å²) in [7, 11) is 0. The second-order valence-corrected chi connectivity index (χ2v) is 9.66. The molecule has 0 aliphatic heterocycles. The van der Waals surface area contributed by atoms with Crippen LogP contribution in [-0.4, -0.2) is 22.6 Å². The molecule has 1 heterocycles. The van der Waals surface area contributed by atoms with Gasteiger partial charge in [0, 0.05) is 4.90 Å². The summed E-state index contributed by atoms with van der Waals surface area (Å²) in [6.07, 6.45) is 6.99. The second-order valence-electron chi connectivity index (χ2n) is 7.36. The smallest absolute Gasteiger partial charge is 0.335 e. The van der Waals surface area contributed by atoms with Gasteiger partial charge in [-0.2, -0.15) is 0 Å². The number of carbonyl (C=O) groups is 1. The van der Waals surface area contributed by atoms with Crippen molar-refractivity contribution < 1.29 is 14.3 Å². The van der Waals surface area contributed by atoms with Gasteiger partial charge >= 0.3 is 5.97 Å². The van der Waals surface area contributed by atoms with E-state index >= 15 is 0 Å². The van der Waals surface area contributed by atoms with Crippen molar-refractivity contribution in [3.05, 3.63) is 46.1 Å². The largest absolute Gasteiger partial charge is 0.478 e. The van der Waals surface area contributed by atoms with E-state index in [1.54, 1.807) is 29.6 Å². The first-order valence-corrected chi connectivity index (χ1v) is 12.6. The third-order valence-corrected chi connectivity index (χ3v) is 7.15. The first kappa shape index (κ1) is 22.8. The van der Waals surface area contributed by atoms with Gasteiger partial charge in [0.1, 0.15) is 5.58 Å². The Kier molecular flexibility index (Phi) is 8.28. The average molecular weight is 445 g/mol. The van der Waals surface area contributed by atoms with Gasteiger partial charge in [-0.15, -0.1) is 23.5 Å². The van der Waals surface area contributed by atoms with Crippen molar-refractivity contribution in [2.24, 2.45) is 0 Å². The maximum absolute atomic E-state index is 13.2. The first-order chi connectivity index (χ1) is 14.5. The summed E-state index contributed by atoms with van der Waals surface area (Å²) in [6, 6.07) is 8.51. The number of carboxylic acids is 1. The van der Waals surface area contributed by atoms with E-state index < -0.39 is 5.97 Å². The van der Waals surface area contributed by atoms with E-state index in [0.717, 1.165) is 34.1 Å². The molecule has 3 aromatic rings. The number of hydrogen-bond donors (Lipinski definition) is 1. The molecule has 4 nitrogen and oxygen atoms in total. The second kappa shape index (κ2) is 10.9. The SMILES string of the molecule is CCCCCSc1cc(SCCCCC)c2oc3ccc(C(=O)O)cc3c(=O)c2c1. The Morgan fingerprint density at radius 3 is 2.30 bits per heavy atom. The lowest BCUT2D eigenvalue weighted by atomic mass is 10.1. The maximum Gasteiger partial charge on any atom is 0.335 e. The molecule has 0 atom stereocenters. The molecule has 0 saturated carbocycles. The molecule has 2 aromatic carbocycles. The Morgan fingerprint density at radius 2 is 1.63 bits per heavy atom. The number of benzene rings is 2. The lowest BCUT2D eigenvalue weighted by molar-refractivity contribution is 0.0697. The van der Waals surface area contributed by atoms with E-state index in [-0.39, 0.29) is 11.0 Å². The van der Waals surface area contributed by atoms with Gasteiger partial charge in [0.15, 0.2) is 5.58 Å². The van der Waals surface area contributed by atoms with Crippen molar-refractivity contribution >= 4 is 51.4 Å². The monoisotopic (exact) mass is 444 g/mol. The summed E-state index contributed by atoms with van der Waals surface area (Å²) in [6.45, 7) is 4.37. The molecule has 0 radical (unpaired) electrons. The summed E-state index contributed by atoms with van der Waals surface area (Å²) in [5.74, 6) is 0.942. The van der Waals surface area contributed by atoms with Crippen molar-refractivity contribution in [3.63, 3.8) is 0 Å². The van der Waals surface area contributed by atoms with E-state index in [4.69, 9.17) is 4.42 Å². The molecule has 0 saturated heterocycles. The standard InChI is InChI=1S/C24H28O4S2/c1-3-5-7-11-29-17-14-19-22(25)18-13-16(24(26)27)9-10-20(18)28-23(19)21(15-17)30-12-8-6-4-2/h9-10,13-15H,3-8,11-12H2,1-2H3,(H,26,27). The van der Waals surface area contributed by atoms with Crippen LogP contribution >= 0.6 is 23.5 Å². The van der Waals surface area contributed by atoms with Crippen molar-refractivity contribution in [2.75, 3.05) is 11.5 Å². The van der Waals surface area contributed by atoms with Gasteiger partial charge in [-0.1, -0.05) is 39.5 Å². The van der Waals surface area contributed by atoms with Crippen LogP contribution in [0.5, 0.6) is 0 Å². The van der Waals surface area contributed by atoms with Crippen molar-refractivity contribution in [1.82, 2.24) is 0 Å². The molecule has 0 unspecified atom stereocenters. The number of carboxylic acid groups (broad SMARTS) is 1. The molecular weight excluding hydrogens is 416 g/mol. The molecule has 0 aliphatic carbocycles. The Morgan fingerprint density at radius 1 is 0.933 bits per heavy atom. The third-order valence-electron chi connectivity index (χ3n) is 4.98. The predicted molar refractivity (Wildman–Crippen MR) is 127 cm³/mol. The fourth-order valence-electron chi connectivity index (χ4n) is 3.30. The van der Waals surface area contributed by atoms with Crippen LogP contribution < -0.4 is 5.43 Å². The van der Waals surface area contributed by atoms with Gasteiger partial charge in [0.2, 0.25) is 5.43 Å². The molecule has 0 amide bonds. The van der Waals surface area contributed by atoms with Crippen LogP contribution in [0.3, 0.4) is 0 Å². The van der Waals surface area contributed by atoms with Crippen LogP contribution in [0.4, 0.5) is 0 Å². The van der Waals surface area contributed by atoms with E-state index in [1.165, 1.54) is 37.8 Å². The number of fused-ring (bicyclic) bond motifs is 2. The van der Waals surface area contributed by atoms with E-state index in [0.29, 0.717) is 21.9 Å². The quantitative estimate of drug-likeness (QED) is 0.191. The number of rotatable bonds is 11. The van der Waals surface area contributed by atoms with Crippen molar-refractivity contribution in [2.45, 2.75) is 62.2 Å². The normalized spacial score (nSPS) is 11.4. The summed E-state index contributed by atoms with van der Waals surface area (Å²) in [5, 5.41) is 10.1. The van der Waals surface area contributed by atoms with E-state index in [9.17, 15) is 14.7 Å². The summed E-state index contributed by atoms with van der Waals surface area (Å²) in [4.78, 5) is 26.6. The Balaban J connectivity index is 2.07. The topological polar surface area (TPSA) is 67.5 Å². The molecule has 1 N–H and O–H groups in total. The Bertz CT molecular complexity index is 1090. The molecule has 0 spiro atoms. The van der Waals surface area contributed by atoms with Gasteiger partial charge in [0.05, 0.1) is 21.2 Å². The maximum atomic E-state index is 13.2. The van der Waals surface area contributed by atoms with Crippen LogP contribution in [0.25, 0.3) is 21.9 Å². The Hall–Kier alpha value is -1.92. The van der Waals surface area contributed by atoms with Gasteiger partial charge in [-0.05, 0) is 54.7 Å². The number of hydrogen-bond acceptors (Lipinski definition) is 5. The molecule has 6 heteroatoms. The third kappa shape index (κ3) is 5.41. The number of unbranched alkanes of at least 4 members (excludes halogenated alkanes) is 4. The molecule has 0 fully saturated rings. The first-order valence-electron chi connectivity index (χ1n) is 10.6. The molecule has 3 rings (SSSR count). The Labute approximate surface area is 185 Å². The molecule has 30 heavy (non-hydrogen) atoms.